The minimum Gasteiger partial charge on any atom is -0.341 e. The summed E-state index contributed by atoms with van der Waals surface area (Å²) >= 11 is 0. The molecule has 0 aromatic carbocycles. The van der Waals surface area contributed by atoms with Crippen LogP contribution in [0.5, 0.6) is 0 Å². The van der Waals surface area contributed by atoms with Crippen molar-refractivity contribution in [1.29, 1.82) is 0 Å². The van der Waals surface area contributed by atoms with Gasteiger partial charge in [0.2, 0.25) is 5.91 Å². The predicted molar refractivity (Wildman–Crippen MR) is 69.9 cm³/mol. The lowest BCUT2D eigenvalue weighted by atomic mass is 10.1. The molecule has 98 valence electrons. The fraction of sp³-hybridized carbons (Fsp3) is 0.929. The minimum absolute atomic E-state index is 0.381. The molecule has 1 heterocycles. The average molecular weight is 238 g/mol. The van der Waals surface area contributed by atoms with Gasteiger partial charge in [-0.1, -0.05) is 13.3 Å². The third-order valence-electron chi connectivity index (χ3n) is 3.94. The third-order valence-corrected chi connectivity index (χ3v) is 3.94. The van der Waals surface area contributed by atoms with Crippen molar-refractivity contribution in [3.63, 3.8) is 0 Å². The van der Waals surface area contributed by atoms with E-state index in [1.54, 1.807) is 0 Å². The van der Waals surface area contributed by atoms with Crippen LogP contribution in [0.4, 0.5) is 0 Å². The van der Waals surface area contributed by atoms with Crippen molar-refractivity contribution in [3.05, 3.63) is 0 Å². The van der Waals surface area contributed by atoms with Gasteiger partial charge >= 0.3 is 0 Å². The van der Waals surface area contributed by atoms with Gasteiger partial charge in [0.15, 0.2) is 0 Å². The molecule has 2 rings (SSSR count). The first-order valence-electron chi connectivity index (χ1n) is 7.32. The van der Waals surface area contributed by atoms with Crippen LogP contribution in [0.3, 0.4) is 0 Å². The van der Waals surface area contributed by atoms with Crippen LogP contribution in [0.1, 0.15) is 51.9 Å². The van der Waals surface area contributed by atoms with E-state index in [0.29, 0.717) is 11.9 Å². The van der Waals surface area contributed by atoms with Gasteiger partial charge in [-0.2, -0.15) is 0 Å². The Kier molecular flexibility index (Phi) is 4.84. The number of rotatable bonds is 6. The average Bonchev–Trinajstić information content (AvgIpc) is 3.14. The van der Waals surface area contributed by atoms with Crippen molar-refractivity contribution in [3.8, 4) is 0 Å². The first-order chi connectivity index (χ1) is 8.31. The van der Waals surface area contributed by atoms with Crippen molar-refractivity contribution in [2.75, 3.05) is 19.6 Å². The summed E-state index contributed by atoms with van der Waals surface area (Å²) < 4.78 is 0. The molecule has 2 fully saturated rings. The molecule has 1 unspecified atom stereocenters. The molecule has 2 aliphatic rings. The lowest BCUT2D eigenvalue weighted by molar-refractivity contribution is -0.131. The van der Waals surface area contributed by atoms with Crippen LogP contribution in [0.25, 0.3) is 0 Å². The SMILES string of the molecule is CCCNC(CN1CCCCCC1=O)C1CC1. The lowest BCUT2D eigenvalue weighted by Crippen LogP contribution is -2.45. The molecule has 0 bridgehead atoms. The zero-order valence-corrected chi connectivity index (χ0v) is 11.1. The maximum atomic E-state index is 12.0. The maximum Gasteiger partial charge on any atom is 0.222 e. The van der Waals surface area contributed by atoms with E-state index in [-0.39, 0.29) is 0 Å². The maximum absolute atomic E-state index is 12.0. The summed E-state index contributed by atoms with van der Waals surface area (Å²) in [6.45, 7) is 5.22. The van der Waals surface area contributed by atoms with Gasteiger partial charge in [0.1, 0.15) is 0 Å². The quantitative estimate of drug-likeness (QED) is 0.769. The highest BCUT2D eigenvalue weighted by molar-refractivity contribution is 5.76. The van der Waals surface area contributed by atoms with Gasteiger partial charge in [-0.15, -0.1) is 0 Å². The Labute approximate surface area is 105 Å². The van der Waals surface area contributed by atoms with Crippen LogP contribution in [0, 0.1) is 5.92 Å². The Hall–Kier alpha value is -0.570. The van der Waals surface area contributed by atoms with Crippen LogP contribution >= 0.6 is 0 Å². The molecule has 1 N–H and O–H groups in total. The highest BCUT2D eigenvalue weighted by atomic mass is 16.2. The van der Waals surface area contributed by atoms with Crippen LogP contribution in [0.15, 0.2) is 0 Å². The molecule has 0 aromatic heterocycles. The van der Waals surface area contributed by atoms with Crippen LogP contribution in [-0.2, 0) is 4.79 Å². The second kappa shape index (κ2) is 6.39. The highest BCUT2D eigenvalue weighted by Gasteiger charge is 2.33. The Morgan fingerprint density at radius 1 is 1.35 bits per heavy atom. The van der Waals surface area contributed by atoms with Crippen LogP contribution in [0.2, 0.25) is 0 Å². The minimum atomic E-state index is 0.381. The molecule has 0 spiro atoms. The van der Waals surface area contributed by atoms with E-state index in [1.807, 2.05) is 0 Å². The van der Waals surface area contributed by atoms with Crippen molar-refractivity contribution < 1.29 is 4.79 Å². The standard InChI is InChI=1S/C14H26N2O/c1-2-9-15-13(12-7-8-12)11-16-10-5-3-4-6-14(16)17/h12-13,15H,2-11H2,1H3. The Morgan fingerprint density at radius 3 is 2.88 bits per heavy atom. The Balaban J connectivity index is 1.84. The molecule has 1 amide bonds. The van der Waals surface area contributed by atoms with Gasteiger partial charge in [-0.3, -0.25) is 4.79 Å². The molecule has 1 saturated heterocycles. The summed E-state index contributed by atoms with van der Waals surface area (Å²) in [4.78, 5) is 14.1. The topological polar surface area (TPSA) is 32.3 Å². The largest absolute Gasteiger partial charge is 0.341 e. The molecule has 3 heteroatoms. The van der Waals surface area contributed by atoms with E-state index in [2.05, 4.69) is 17.1 Å². The number of carbonyl (C=O) groups excluding carboxylic acids is 1. The second-order valence-corrected chi connectivity index (χ2v) is 5.55. The third kappa shape index (κ3) is 3.98. The summed E-state index contributed by atoms with van der Waals surface area (Å²) in [6, 6.07) is 0.553. The number of carbonyl (C=O) groups is 1. The first kappa shape index (κ1) is 12.9. The summed E-state index contributed by atoms with van der Waals surface area (Å²) in [5.74, 6) is 1.21. The molecule has 1 saturated carbocycles. The fourth-order valence-corrected chi connectivity index (χ4v) is 2.68. The number of amides is 1. The van der Waals surface area contributed by atoms with E-state index in [9.17, 15) is 4.79 Å². The number of hydrogen-bond donors (Lipinski definition) is 1. The number of hydrogen-bond acceptors (Lipinski definition) is 2. The molecule has 1 aliphatic heterocycles. The zero-order valence-electron chi connectivity index (χ0n) is 11.1. The predicted octanol–water partition coefficient (Wildman–Crippen LogP) is 2.17. The summed E-state index contributed by atoms with van der Waals surface area (Å²) in [7, 11) is 0. The molecule has 0 aromatic rings. The van der Waals surface area contributed by atoms with Gasteiger partial charge in [-0.25, -0.2) is 0 Å². The van der Waals surface area contributed by atoms with E-state index in [4.69, 9.17) is 0 Å². The summed E-state index contributed by atoms with van der Waals surface area (Å²) in [5.41, 5.74) is 0. The van der Waals surface area contributed by atoms with Crippen molar-refractivity contribution in [1.82, 2.24) is 10.2 Å². The van der Waals surface area contributed by atoms with E-state index in [1.165, 1.54) is 32.1 Å². The van der Waals surface area contributed by atoms with Gasteiger partial charge in [0, 0.05) is 25.6 Å². The van der Waals surface area contributed by atoms with E-state index < -0.39 is 0 Å². The van der Waals surface area contributed by atoms with Crippen LogP contribution in [-0.4, -0.2) is 36.5 Å². The molecule has 1 aliphatic carbocycles. The lowest BCUT2D eigenvalue weighted by Gasteiger charge is -2.27. The van der Waals surface area contributed by atoms with Gasteiger partial charge < -0.3 is 10.2 Å². The number of likely N-dealkylation sites (tertiary alicyclic amines) is 1. The van der Waals surface area contributed by atoms with E-state index in [0.717, 1.165) is 38.4 Å². The smallest absolute Gasteiger partial charge is 0.222 e. The van der Waals surface area contributed by atoms with Crippen molar-refractivity contribution in [2.45, 2.75) is 57.9 Å². The van der Waals surface area contributed by atoms with Gasteiger partial charge in [0.05, 0.1) is 0 Å². The van der Waals surface area contributed by atoms with Gasteiger partial charge in [-0.05, 0) is 44.6 Å². The van der Waals surface area contributed by atoms with E-state index >= 15 is 0 Å². The summed E-state index contributed by atoms with van der Waals surface area (Å²) in [6.07, 6.45) is 8.15. The zero-order chi connectivity index (χ0) is 12.1. The van der Waals surface area contributed by atoms with Gasteiger partial charge in [0.25, 0.3) is 0 Å². The second-order valence-electron chi connectivity index (χ2n) is 5.55. The molecule has 17 heavy (non-hydrogen) atoms. The molecular formula is C14H26N2O. The van der Waals surface area contributed by atoms with Crippen molar-refractivity contribution in [2.24, 2.45) is 5.92 Å². The molecule has 3 nitrogen and oxygen atoms in total. The number of nitrogens with zero attached hydrogens (tertiary/aromatic N) is 1. The molecule has 1 atom stereocenters. The van der Waals surface area contributed by atoms with Crippen LogP contribution < -0.4 is 5.32 Å². The normalized spacial score (nSPS) is 23.6. The fourth-order valence-electron chi connectivity index (χ4n) is 2.68. The van der Waals surface area contributed by atoms with Crippen molar-refractivity contribution >= 4 is 5.91 Å². The Bertz CT molecular complexity index is 251. The first-order valence-corrected chi connectivity index (χ1v) is 7.32. The molecule has 0 radical (unpaired) electrons. The number of nitrogens with one attached hydrogen (secondary N) is 1. The monoisotopic (exact) mass is 238 g/mol. The molecular weight excluding hydrogens is 212 g/mol. The highest BCUT2D eigenvalue weighted by Crippen LogP contribution is 2.33. The Morgan fingerprint density at radius 2 is 2.18 bits per heavy atom. The summed E-state index contributed by atoms with van der Waals surface area (Å²) in [5, 5.41) is 3.63.